The van der Waals surface area contributed by atoms with E-state index >= 15 is 0 Å². The van der Waals surface area contributed by atoms with Gasteiger partial charge in [0.05, 0.1) is 11.4 Å². The van der Waals surface area contributed by atoms with Crippen LogP contribution in [0.25, 0.3) is 0 Å². The van der Waals surface area contributed by atoms with E-state index in [0.29, 0.717) is 6.42 Å². The third-order valence-electron chi connectivity index (χ3n) is 8.88. The number of aryl methyl sites for hydroxylation is 1. The van der Waals surface area contributed by atoms with E-state index in [9.17, 15) is 4.79 Å². The van der Waals surface area contributed by atoms with Gasteiger partial charge in [-0.05, 0) is 74.5 Å². The number of nitrogens with one attached hydrogen (secondary N) is 2. The molecule has 4 bridgehead atoms. The number of carbonyl (C=O) groups excluding carboxylic acids is 1. The summed E-state index contributed by atoms with van der Waals surface area (Å²) in [5, 5.41) is 3.21. The van der Waals surface area contributed by atoms with E-state index < -0.39 is 0 Å². The Labute approximate surface area is 202 Å². The number of carbonyl (C=O) groups is 1. The number of fused-ring (bicyclic) bond motifs is 1. The average molecular weight is 463 g/mol. The lowest BCUT2D eigenvalue weighted by Gasteiger charge is -2.56. The molecule has 1 amide bonds. The first-order chi connectivity index (χ1) is 16.6. The monoisotopic (exact) mass is 462 g/mol. The minimum Gasteiger partial charge on any atom is -0.348 e. The summed E-state index contributed by atoms with van der Waals surface area (Å²) in [6.07, 6.45) is 16.5. The van der Waals surface area contributed by atoms with Crippen molar-refractivity contribution in [2.45, 2.75) is 90.6 Å². The van der Waals surface area contributed by atoms with Gasteiger partial charge in [0.25, 0.3) is 0 Å². The van der Waals surface area contributed by atoms with Gasteiger partial charge < -0.3 is 10.3 Å². The largest absolute Gasteiger partial charge is 0.348 e. The maximum Gasteiger partial charge on any atom is 0.226 e. The number of hydrogen-bond acceptors (Lipinski definition) is 5. The van der Waals surface area contributed by atoms with Crippen molar-refractivity contribution in [3.05, 3.63) is 35.3 Å². The van der Waals surface area contributed by atoms with Crippen LogP contribution in [0.5, 0.6) is 0 Å². The van der Waals surface area contributed by atoms with Gasteiger partial charge in [-0.25, -0.2) is 15.0 Å². The lowest BCUT2D eigenvalue weighted by Crippen LogP contribution is -2.47. The van der Waals surface area contributed by atoms with Gasteiger partial charge in [0.1, 0.15) is 18.0 Å². The number of rotatable bonds is 8. The molecule has 3 heterocycles. The second kappa shape index (κ2) is 9.06. The molecule has 0 radical (unpaired) electrons. The first kappa shape index (κ1) is 22.2. The number of amides is 1. The Morgan fingerprint density at radius 1 is 1.18 bits per heavy atom. The highest BCUT2D eigenvalue weighted by Crippen LogP contribution is 2.61. The quantitative estimate of drug-likeness (QED) is 0.597. The van der Waals surface area contributed by atoms with E-state index in [0.717, 1.165) is 78.8 Å². The number of imidazole rings is 1. The van der Waals surface area contributed by atoms with Crippen molar-refractivity contribution in [2.75, 3.05) is 11.9 Å². The molecule has 182 valence electrons. The van der Waals surface area contributed by atoms with Crippen LogP contribution in [0.1, 0.15) is 87.5 Å². The van der Waals surface area contributed by atoms with Gasteiger partial charge in [-0.2, -0.15) is 0 Å². The van der Waals surface area contributed by atoms with Gasteiger partial charge in [-0.1, -0.05) is 13.3 Å². The molecule has 1 aliphatic heterocycles. The van der Waals surface area contributed by atoms with Gasteiger partial charge in [0, 0.05) is 44.2 Å². The van der Waals surface area contributed by atoms with Gasteiger partial charge >= 0.3 is 0 Å². The Balaban J connectivity index is 1.08. The van der Waals surface area contributed by atoms with Crippen molar-refractivity contribution >= 4 is 11.7 Å². The summed E-state index contributed by atoms with van der Waals surface area (Å²) < 4.78 is 0. The predicted molar refractivity (Wildman–Crippen MR) is 131 cm³/mol. The van der Waals surface area contributed by atoms with Crippen LogP contribution in [0.4, 0.5) is 5.82 Å². The molecule has 2 aromatic rings. The molecule has 4 aliphatic carbocycles. The van der Waals surface area contributed by atoms with Crippen molar-refractivity contribution < 1.29 is 4.79 Å². The van der Waals surface area contributed by atoms with Crippen LogP contribution in [0, 0.1) is 23.2 Å². The molecule has 0 unspecified atom stereocenters. The number of H-pyrrole nitrogens is 1. The van der Waals surface area contributed by atoms with Crippen LogP contribution in [0.3, 0.4) is 0 Å². The standard InChI is InChI=1S/C27H38N6O/c1-2-3-4-24-28-14-21(31-24)15-33-6-5-22-23(16-33)29-17-30-26(22)32-25(34)13-27-10-18-7-19(11-27)9-20(8-18)12-27/h14,17-20H,2-13,15-16H2,1H3,(H,28,31)(H,29,30,32,34). The molecule has 0 atom stereocenters. The van der Waals surface area contributed by atoms with Crippen molar-refractivity contribution in [3.63, 3.8) is 0 Å². The lowest BCUT2D eigenvalue weighted by atomic mass is 9.49. The second-order valence-electron chi connectivity index (χ2n) is 11.7. The molecule has 0 saturated heterocycles. The highest BCUT2D eigenvalue weighted by atomic mass is 16.1. The van der Waals surface area contributed by atoms with E-state index in [2.05, 4.69) is 32.1 Å². The molecule has 2 N–H and O–H groups in total. The molecule has 0 aromatic carbocycles. The van der Waals surface area contributed by atoms with Crippen LogP contribution in [0.2, 0.25) is 0 Å². The Morgan fingerprint density at radius 3 is 2.68 bits per heavy atom. The molecule has 2 aromatic heterocycles. The zero-order chi connectivity index (χ0) is 23.1. The number of aromatic amines is 1. The highest BCUT2D eigenvalue weighted by Gasteiger charge is 2.51. The first-order valence-corrected chi connectivity index (χ1v) is 13.5. The molecule has 5 aliphatic rings. The summed E-state index contributed by atoms with van der Waals surface area (Å²) >= 11 is 0. The SMILES string of the molecule is CCCCc1nc(CN2CCc3c(ncnc3NC(=O)CC34CC5CC(CC(C5)C3)C4)C2)c[nH]1. The Kier molecular flexibility index (Phi) is 5.92. The number of hydrogen-bond donors (Lipinski definition) is 2. The number of unbranched alkanes of at least 4 members (excludes halogenated alkanes) is 1. The maximum atomic E-state index is 13.2. The van der Waals surface area contributed by atoms with Crippen LogP contribution >= 0.6 is 0 Å². The Morgan fingerprint density at radius 2 is 1.94 bits per heavy atom. The van der Waals surface area contributed by atoms with Gasteiger partial charge in [-0.3, -0.25) is 9.69 Å². The highest BCUT2D eigenvalue weighted by molar-refractivity contribution is 5.91. The second-order valence-corrected chi connectivity index (χ2v) is 11.7. The normalized spacial score (nSPS) is 29.9. The van der Waals surface area contributed by atoms with Crippen LogP contribution < -0.4 is 5.32 Å². The van der Waals surface area contributed by atoms with E-state index in [1.54, 1.807) is 6.33 Å². The fourth-order valence-corrected chi connectivity index (χ4v) is 7.86. The summed E-state index contributed by atoms with van der Waals surface area (Å²) in [6.45, 7) is 4.72. The van der Waals surface area contributed by atoms with Gasteiger partial charge in [0.2, 0.25) is 5.91 Å². The summed E-state index contributed by atoms with van der Waals surface area (Å²) in [6, 6.07) is 0. The van der Waals surface area contributed by atoms with Crippen molar-refractivity contribution in [3.8, 4) is 0 Å². The average Bonchev–Trinajstić information content (AvgIpc) is 3.23. The lowest BCUT2D eigenvalue weighted by molar-refractivity contribution is -0.124. The molecule has 34 heavy (non-hydrogen) atoms. The van der Waals surface area contributed by atoms with Crippen molar-refractivity contribution in [2.24, 2.45) is 23.2 Å². The minimum absolute atomic E-state index is 0.154. The topological polar surface area (TPSA) is 86.8 Å². The van der Waals surface area contributed by atoms with E-state index in [1.165, 1.54) is 51.4 Å². The molecular formula is C27H38N6O. The summed E-state index contributed by atoms with van der Waals surface area (Å²) in [7, 11) is 0. The molecule has 7 nitrogen and oxygen atoms in total. The third-order valence-corrected chi connectivity index (χ3v) is 8.88. The third kappa shape index (κ3) is 4.51. The molecule has 7 heteroatoms. The number of anilines is 1. The number of aromatic nitrogens is 4. The van der Waals surface area contributed by atoms with E-state index in [1.807, 2.05) is 6.20 Å². The fraction of sp³-hybridized carbons (Fsp3) is 0.704. The fourth-order valence-electron chi connectivity index (χ4n) is 7.86. The Bertz CT molecular complexity index is 1010. The smallest absolute Gasteiger partial charge is 0.226 e. The first-order valence-electron chi connectivity index (χ1n) is 13.5. The molecule has 4 saturated carbocycles. The van der Waals surface area contributed by atoms with Crippen LogP contribution in [0.15, 0.2) is 12.5 Å². The molecule has 4 fully saturated rings. The van der Waals surface area contributed by atoms with Gasteiger partial charge in [-0.15, -0.1) is 0 Å². The summed E-state index contributed by atoms with van der Waals surface area (Å²) in [5.41, 5.74) is 3.49. The van der Waals surface area contributed by atoms with Crippen LogP contribution in [-0.4, -0.2) is 37.3 Å². The van der Waals surface area contributed by atoms with E-state index in [-0.39, 0.29) is 11.3 Å². The zero-order valence-electron chi connectivity index (χ0n) is 20.5. The zero-order valence-corrected chi connectivity index (χ0v) is 20.5. The number of nitrogens with zero attached hydrogens (tertiary/aromatic N) is 4. The molecular weight excluding hydrogens is 424 g/mol. The summed E-state index contributed by atoms with van der Waals surface area (Å²) in [4.78, 5) is 32.7. The summed E-state index contributed by atoms with van der Waals surface area (Å²) in [5.74, 6) is 4.58. The molecule has 0 spiro atoms. The van der Waals surface area contributed by atoms with Crippen molar-refractivity contribution in [1.82, 2.24) is 24.8 Å². The van der Waals surface area contributed by atoms with Crippen molar-refractivity contribution in [1.29, 1.82) is 0 Å². The van der Waals surface area contributed by atoms with E-state index in [4.69, 9.17) is 4.98 Å². The maximum absolute atomic E-state index is 13.2. The predicted octanol–water partition coefficient (Wildman–Crippen LogP) is 4.65. The Hall–Kier alpha value is -2.28. The minimum atomic E-state index is 0.154. The van der Waals surface area contributed by atoms with Gasteiger partial charge in [0.15, 0.2) is 0 Å². The van der Waals surface area contributed by atoms with Crippen LogP contribution in [-0.2, 0) is 30.7 Å². The molecule has 7 rings (SSSR count).